The number of nitrogens with zero attached hydrogens (tertiary/aromatic N) is 7. The minimum Gasteiger partial charge on any atom is -0.379 e. The highest BCUT2D eigenvalue weighted by Crippen LogP contribution is 2.06. The molecule has 10 heteroatoms. The van der Waals surface area contributed by atoms with Crippen LogP contribution >= 0.6 is 0 Å². The number of nitrogens with one attached hydrogen (secondary N) is 1. The molecule has 1 aliphatic rings. The number of aromatic nitrogens is 6. The third kappa shape index (κ3) is 6.43. The van der Waals surface area contributed by atoms with E-state index in [4.69, 9.17) is 4.74 Å². The number of morpholine rings is 1. The van der Waals surface area contributed by atoms with Gasteiger partial charge in [0.15, 0.2) is 5.82 Å². The zero-order valence-electron chi connectivity index (χ0n) is 17.6. The predicted molar refractivity (Wildman–Crippen MR) is 113 cm³/mol. The summed E-state index contributed by atoms with van der Waals surface area (Å²) in [6, 6.07) is 10.2. The molecule has 0 radical (unpaired) electrons. The van der Waals surface area contributed by atoms with Gasteiger partial charge >= 0.3 is 0 Å². The Kier molecular flexibility index (Phi) is 7.35. The monoisotopic (exact) mass is 424 g/mol. The summed E-state index contributed by atoms with van der Waals surface area (Å²) in [5.74, 6) is 0.840. The Bertz CT molecular complexity index is 949. The molecule has 0 atom stereocenters. The van der Waals surface area contributed by atoms with Gasteiger partial charge in [-0.1, -0.05) is 30.3 Å². The predicted octanol–water partition coefficient (Wildman–Crippen LogP) is 0.847. The molecule has 10 nitrogen and oxygen atoms in total. The highest BCUT2D eigenvalue weighted by atomic mass is 16.5. The number of amides is 1. The van der Waals surface area contributed by atoms with E-state index in [1.54, 1.807) is 10.9 Å². The lowest BCUT2D eigenvalue weighted by Gasteiger charge is -2.25. The number of hydrogen-bond donors (Lipinski definition) is 1. The standard InChI is InChI=1S/C21H28N8O2/c30-21(22-13-19-14-23-28(16-19)15-18-5-2-1-3-6-18)7-4-8-29-20(24-25-26-29)17-27-9-11-31-12-10-27/h1-3,5-6,14,16H,4,7-13,15,17H2,(H,22,30). The molecule has 0 saturated carbocycles. The van der Waals surface area contributed by atoms with Crippen molar-refractivity contribution in [3.63, 3.8) is 0 Å². The van der Waals surface area contributed by atoms with E-state index < -0.39 is 0 Å². The van der Waals surface area contributed by atoms with Gasteiger partial charge in [0.2, 0.25) is 5.91 Å². The van der Waals surface area contributed by atoms with E-state index in [1.807, 2.05) is 29.1 Å². The van der Waals surface area contributed by atoms with Gasteiger partial charge in [-0.2, -0.15) is 5.10 Å². The maximum absolute atomic E-state index is 12.2. The molecule has 3 heterocycles. The van der Waals surface area contributed by atoms with E-state index >= 15 is 0 Å². The molecule has 0 aliphatic carbocycles. The summed E-state index contributed by atoms with van der Waals surface area (Å²) in [6.45, 7) is 5.77. The molecule has 1 amide bonds. The van der Waals surface area contributed by atoms with Crippen LogP contribution in [0.15, 0.2) is 42.7 Å². The third-order valence-corrected chi connectivity index (χ3v) is 5.21. The van der Waals surface area contributed by atoms with E-state index in [9.17, 15) is 4.79 Å². The van der Waals surface area contributed by atoms with Crippen LogP contribution in [0.3, 0.4) is 0 Å². The zero-order valence-corrected chi connectivity index (χ0v) is 17.6. The first-order valence-corrected chi connectivity index (χ1v) is 10.6. The number of benzene rings is 1. The fourth-order valence-electron chi connectivity index (χ4n) is 3.50. The molecule has 0 unspecified atom stereocenters. The maximum atomic E-state index is 12.2. The lowest BCUT2D eigenvalue weighted by atomic mass is 10.2. The maximum Gasteiger partial charge on any atom is 0.220 e. The fraction of sp³-hybridized carbons (Fsp3) is 0.476. The first kappa shape index (κ1) is 21.1. The van der Waals surface area contributed by atoms with Gasteiger partial charge in [-0.05, 0) is 22.4 Å². The fourth-order valence-corrected chi connectivity index (χ4v) is 3.50. The van der Waals surface area contributed by atoms with Gasteiger partial charge in [0.25, 0.3) is 0 Å². The van der Waals surface area contributed by atoms with Gasteiger partial charge in [0.1, 0.15) is 0 Å². The van der Waals surface area contributed by atoms with Crippen LogP contribution < -0.4 is 5.32 Å². The molecule has 3 aromatic rings. The average molecular weight is 425 g/mol. The molecule has 31 heavy (non-hydrogen) atoms. The SMILES string of the molecule is O=C(CCCn1nnnc1CN1CCOCC1)NCc1cnn(Cc2ccccc2)c1. The Morgan fingerprint density at radius 1 is 1.10 bits per heavy atom. The molecule has 2 aromatic heterocycles. The largest absolute Gasteiger partial charge is 0.379 e. The summed E-state index contributed by atoms with van der Waals surface area (Å²) in [4.78, 5) is 14.5. The van der Waals surface area contributed by atoms with E-state index in [0.29, 0.717) is 39.0 Å². The summed E-state index contributed by atoms with van der Waals surface area (Å²) in [7, 11) is 0. The smallest absolute Gasteiger partial charge is 0.220 e. The van der Waals surface area contributed by atoms with E-state index in [2.05, 4.69) is 43.0 Å². The normalized spacial score (nSPS) is 14.6. The second-order valence-electron chi connectivity index (χ2n) is 7.62. The topological polar surface area (TPSA) is 103 Å². The van der Waals surface area contributed by atoms with Crippen LogP contribution in [0.4, 0.5) is 0 Å². The van der Waals surface area contributed by atoms with Gasteiger partial charge < -0.3 is 10.1 Å². The average Bonchev–Trinajstić information content (AvgIpc) is 3.43. The lowest BCUT2D eigenvalue weighted by molar-refractivity contribution is -0.121. The summed E-state index contributed by atoms with van der Waals surface area (Å²) < 4.78 is 9.04. The number of carbonyl (C=O) groups excluding carboxylic acids is 1. The number of carbonyl (C=O) groups is 1. The Morgan fingerprint density at radius 3 is 2.77 bits per heavy atom. The number of ether oxygens (including phenoxy) is 1. The van der Waals surface area contributed by atoms with Crippen LogP contribution in [-0.4, -0.2) is 67.1 Å². The first-order valence-electron chi connectivity index (χ1n) is 10.6. The van der Waals surface area contributed by atoms with Crippen molar-refractivity contribution < 1.29 is 9.53 Å². The first-order chi connectivity index (χ1) is 15.3. The van der Waals surface area contributed by atoms with Crippen LogP contribution in [-0.2, 0) is 35.7 Å². The highest BCUT2D eigenvalue weighted by Gasteiger charge is 2.15. The van der Waals surface area contributed by atoms with Gasteiger partial charge in [-0.15, -0.1) is 5.10 Å². The highest BCUT2D eigenvalue weighted by molar-refractivity contribution is 5.75. The number of rotatable bonds is 10. The van der Waals surface area contributed by atoms with E-state index in [0.717, 1.165) is 37.7 Å². The van der Waals surface area contributed by atoms with Gasteiger partial charge in [-0.3, -0.25) is 14.4 Å². The van der Waals surface area contributed by atoms with Crippen molar-refractivity contribution in [3.8, 4) is 0 Å². The number of tetrazole rings is 1. The molecule has 1 aromatic carbocycles. The lowest BCUT2D eigenvalue weighted by Crippen LogP contribution is -2.36. The molecule has 0 spiro atoms. The molecule has 164 valence electrons. The van der Waals surface area contributed by atoms with Crippen LogP contribution in [0.5, 0.6) is 0 Å². The molecule has 1 saturated heterocycles. The molecule has 1 N–H and O–H groups in total. The quantitative estimate of drug-likeness (QED) is 0.515. The van der Waals surface area contributed by atoms with Crippen molar-refractivity contribution in [2.45, 2.75) is 39.0 Å². The summed E-state index contributed by atoms with van der Waals surface area (Å²) >= 11 is 0. The van der Waals surface area contributed by atoms with Crippen LogP contribution in [0.25, 0.3) is 0 Å². The molecule has 1 fully saturated rings. The zero-order chi connectivity index (χ0) is 21.3. The second kappa shape index (κ2) is 10.8. The Hall–Kier alpha value is -3.11. The van der Waals surface area contributed by atoms with E-state index in [-0.39, 0.29) is 5.91 Å². The Balaban J connectivity index is 1.16. The minimum atomic E-state index is 0.0126. The molecule has 4 rings (SSSR count). The summed E-state index contributed by atoms with van der Waals surface area (Å²) in [6.07, 6.45) is 4.86. The van der Waals surface area contributed by atoms with Crippen molar-refractivity contribution in [2.24, 2.45) is 0 Å². The van der Waals surface area contributed by atoms with Crippen molar-refractivity contribution in [3.05, 3.63) is 59.7 Å². The van der Waals surface area contributed by atoms with Crippen molar-refractivity contribution in [2.75, 3.05) is 26.3 Å². The molecule has 1 aliphatic heterocycles. The van der Waals surface area contributed by atoms with Gasteiger partial charge in [-0.25, -0.2) is 4.68 Å². The van der Waals surface area contributed by atoms with Crippen molar-refractivity contribution in [1.82, 2.24) is 40.2 Å². The van der Waals surface area contributed by atoms with E-state index in [1.165, 1.54) is 5.56 Å². The van der Waals surface area contributed by atoms with Crippen molar-refractivity contribution in [1.29, 1.82) is 0 Å². The van der Waals surface area contributed by atoms with Crippen LogP contribution in [0.1, 0.15) is 29.8 Å². The molecule has 0 bridgehead atoms. The Morgan fingerprint density at radius 2 is 1.94 bits per heavy atom. The summed E-state index contributed by atoms with van der Waals surface area (Å²) in [5.41, 5.74) is 2.18. The third-order valence-electron chi connectivity index (χ3n) is 5.21. The molecular formula is C21H28N8O2. The summed E-state index contributed by atoms with van der Waals surface area (Å²) in [5, 5.41) is 19.3. The van der Waals surface area contributed by atoms with Crippen molar-refractivity contribution >= 4 is 5.91 Å². The number of aryl methyl sites for hydroxylation is 1. The molecular weight excluding hydrogens is 396 g/mol. The number of hydrogen-bond acceptors (Lipinski definition) is 7. The van der Waals surface area contributed by atoms with Gasteiger partial charge in [0.05, 0.1) is 32.5 Å². The Labute approximate surface area is 181 Å². The second-order valence-corrected chi connectivity index (χ2v) is 7.62. The minimum absolute atomic E-state index is 0.0126. The van der Waals surface area contributed by atoms with Gasteiger partial charge in [0, 0.05) is 44.4 Å². The van der Waals surface area contributed by atoms with Crippen LogP contribution in [0.2, 0.25) is 0 Å². The van der Waals surface area contributed by atoms with Crippen LogP contribution in [0, 0.1) is 0 Å².